The molecule has 1 N–H and O–H groups in total. The van der Waals surface area contributed by atoms with Crippen LogP contribution in [0, 0.1) is 5.92 Å². The number of hydrogen-bond acceptors (Lipinski definition) is 5. The van der Waals surface area contributed by atoms with Crippen molar-refractivity contribution >= 4 is 23.6 Å². The summed E-state index contributed by atoms with van der Waals surface area (Å²) in [6, 6.07) is 5.08. The molecule has 30 heavy (non-hydrogen) atoms. The Morgan fingerprint density at radius 3 is 2.90 bits per heavy atom. The van der Waals surface area contributed by atoms with Gasteiger partial charge in [0, 0.05) is 19.5 Å². The second-order valence-corrected chi connectivity index (χ2v) is 7.31. The number of allylic oxidation sites excluding steroid dienone is 3. The highest BCUT2D eigenvalue weighted by Gasteiger charge is 2.35. The van der Waals surface area contributed by atoms with Crippen LogP contribution in [0.1, 0.15) is 31.2 Å². The molecule has 1 aromatic carbocycles. The molecule has 0 fully saturated rings. The van der Waals surface area contributed by atoms with E-state index >= 15 is 0 Å². The van der Waals surface area contributed by atoms with Crippen LogP contribution in [0.3, 0.4) is 0 Å². The van der Waals surface area contributed by atoms with Gasteiger partial charge in [-0.2, -0.15) is 4.99 Å². The number of unbranched alkanes of at least 4 members (excludes halogenated alkanes) is 2. The van der Waals surface area contributed by atoms with Gasteiger partial charge in [0.25, 0.3) is 0 Å². The lowest BCUT2D eigenvalue weighted by Gasteiger charge is -2.28. The fourth-order valence-electron chi connectivity index (χ4n) is 3.56. The first-order valence-corrected chi connectivity index (χ1v) is 10.1. The number of hydrogen-bond donors (Lipinski definition) is 1. The fraction of sp³-hybridized carbons (Fsp3) is 0.364. The number of ether oxygens (including phenoxy) is 2. The van der Waals surface area contributed by atoms with E-state index in [9.17, 15) is 14.4 Å². The number of urea groups is 1. The number of aliphatic imine (C=N–C) groups is 1. The zero-order valence-corrected chi connectivity index (χ0v) is 16.5. The molecule has 0 aromatic heterocycles. The number of imide groups is 1. The van der Waals surface area contributed by atoms with E-state index in [-0.39, 0.29) is 18.6 Å². The smallest absolute Gasteiger partial charge is 0.350 e. The predicted molar refractivity (Wildman–Crippen MR) is 109 cm³/mol. The number of carbonyl (C=O) groups is 3. The first kappa shape index (κ1) is 19.9. The van der Waals surface area contributed by atoms with E-state index in [4.69, 9.17) is 9.47 Å². The number of nitrogens with one attached hydrogen (secondary N) is 1. The van der Waals surface area contributed by atoms with E-state index in [0.29, 0.717) is 49.6 Å². The lowest BCUT2D eigenvalue weighted by atomic mass is 9.95. The molecule has 4 rings (SSSR count). The SMILES string of the molecule is O=C(CCCCCN1C(=O)N=C2C=CC=CC2C1=O)NCc1ccc2c(c1)OCO2. The van der Waals surface area contributed by atoms with Gasteiger partial charge >= 0.3 is 6.03 Å². The molecule has 1 unspecified atom stereocenters. The van der Waals surface area contributed by atoms with Crippen LogP contribution < -0.4 is 14.8 Å². The molecule has 0 spiro atoms. The first-order chi connectivity index (χ1) is 14.6. The largest absolute Gasteiger partial charge is 0.454 e. The van der Waals surface area contributed by atoms with Gasteiger partial charge in [-0.05, 0) is 36.6 Å². The quantitative estimate of drug-likeness (QED) is 0.666. The molecule has 1 aliphatic carbocycles. The summed E-state index contributed by atoms with van der Waals surface area (Å²) in [5.74, 6) is 0.682. The number of nitrogens with zero attached hydrogens (tertiary/aromatic N) is 2. The van der Waals surface area contributed by atoms with Crippen molar-refractivity contribution < 1.29 is 23.9 Å². The summed E-state index contributed by atoms with van der Waals surface area (Å²) in [6.07, 6.45) is 9.47. The lowest BCUT2D eigenvalue weighted by molar-refractivity contribution is -0.129. The predicted octanol–water partition coefficient (Wildman–Crippen LogP) is 2.74. The molecule has 8 heteroatoms. The van der Waals surface area contributed by atoms with Gasteiger partial charge in [-0.25, -0.2) is 4.79 Å². The van der Waals surface area contributed by atoms with E-state index in [2.05, 4.69) is 10.3 Å². The van der Waals surface area contributed by atoms with Gasteiger partial charge in [0.15, 0.2) is 11.5 Å². The minimum atomic E-state index is -0.507. The van der Waals surface area contributed by atoms with Gasteiger partial charge in [-0.3, -0.25) is 14.5 Å². The van der Waals surface area contributed by atoms with E-state index < -0.39 is 11.9 Å². The number of benzene rings is 1. The highest BCUT2D eigenvalue weighted by Crippen LogP contribution is 2.32. The molecule has 2 aliphatic heterocycles. The van der Waals surface area contributed by atoms with Gasteiger partial charge in [-0.1, -0.05) is 30.7 Å². The zero-order chi connectivity index (χ0) is 20.9. The molecular weight excluding hydrogens is 386 g/mol. The van der Waals surface area contributed by atoms with Crippen molar-refractivity contribution in [2.45, 2.75) is 32.2 Å². The van der Waals surface area contributed by atoms with E-state index in [0.717, 1.165) is 12.0 Å². The van der Waals surface area contributed by atoms with Crippen LogP contribution in [-0.4, -0.2) is 41.8 Å². The van der Waals surface area contributed by atoms with E-state index in [1.807, 2.05) is 18.2 Å². The average molecular weight is 409 g/mol. The number of fused-ring (bicyclic) bond motifs is 2. The Labute approximate surface area is 174 Å². The van der Waals surface area contributed by atoms with Gasteiger partial charge in [0.2, 0.25) is 18.6 Å². The van der Waals surface area contributed by atoms with Crippen molar-refractivity contribution in [3.05, 3.63) is 48.1 Å². The second kappa shape index (κ2) is 8.94. The van der Waals surface area contributed by atoms with Crippen molar-refractivity contribution in [2.75, 3.05) is 13.3 Å². The molecule has 0 bridgehead atoms. The van der Waals surface area contributed by atoms with Gasteiger partial charge in [0.1, 0.15) is 0 Å². The second-order valence-electron chi connectivity index (χ2n) is 7.31. The highest BCUT2D eigenvalue weighted by molar-refractivity contribution is 6.21. The molecule has 156 valence electrons. The number of amides is 4. The van der Waals surface area contributed by atoms with Crippen molar-refractivity contribution in [1.29, 1.82) is 0 Å². The maximum Gasteiger partial charge on any atom is 0.350 e. The summed E-state index contributed by atoms with van der Waals surface area (Å²) in [4.78, 5) is 41.9. The van der Waals surface area contributed by atoms with Gasteiger partial charge in [0.05, 0.1) is 11.6 Å². The Kier molecular flexibility index (Phi) is 5.92. The monoisotopic (exact) mass is 409 g/mol. The van der Waals surface area contributed by atoms with Gasteiger partial charge in [-0.15, -0.1) is 0 Å². The van der Waals surface area contributed by atoms with Crippen LogP contribution in [0.15, 0.2) is 47.5 Å². The highest BCUT2D eigenvalue weighted by atomic mass is 16.7. The van der Waals surface area contributed by atoms with Crippen LogP contribution in [0.4, 0.5) is 4.79 Å². The Morgan fingerprint density at radius 2 is 2.00 bits per heavy atom. The van der Waals surface area contributed by atoms with Crippen molar-refractivity contribution in [3.63, 3.8) is 0 Å². The Bertz CT molecular complexity index is 950. The molecule has 3 aliphatic rings. The summed E-state index contributed by atoms with van der Waals surface area (Å²) < 4.78 is 10.6. The zero-order valence-electron chi connectivity index (χ0n) is 16.5. The Hall–Kier alpha value is -3.42. The minimum Gasteiger partial charge on any atom is -0.454 e. The molecule has 0 saturated heterocycles. The summed E-state index contributed by atoms with van der Waals surface area (Å²) in [5.41, 5.74) is 1.45. The molecule has 1 atom stereocenters. The minimum absolute atomic E-state index is 0.0360. The summed E-state index contributed by atoms with van der Waals surface area (Å²) >= 11 is 0. The third kappa shape index (κ3) is 4.42. The molecule has 4 amide bonds. The third-order valence-corrected chi connectivity index (χ3v) is 5.20. The normalized spacial score (nSPS) is 19.0. The standard InChI is InChI=1S/C22H23N3O5/c26-20(23-13-15-9-10-18-19(12-15)30-14-29-18)8-2-1-5-11-25-21(27)16-6-3-4-7-17(16)24-22(25)28/h3-4,6-7,9-10,12,16H,1-2,5,8,11,13-14H2,(H,23,26). The Morgan fingerprint density at radius 1 is 1.13 bits per heavy atom. The van der Waals surface area contributed by atoms with Crippen LogP contribution in [0.25, 0.3) is 0 Å². The maximum atomic E-state index is 12.5. The van der Waals surface area contributed by atoms with Crippen LogP contribution in [-0.2, 0) is 16.1 Å². The summed E-state index contributed by atoms with van der Waals surface area (Å²) in [6.45, 7) is 0.971. The topological polar surface area (TPSA) is 97.3 Å². The molecular formula is C22H23N3O5. The van der Waals surface area contributed by atoms with Crippen LogP contribution >= 0.6 is 0 Å². The first-order valence-electron chi connectivity index (χ1n) is 10.1. The summed E-state index contributed by atoms with van der Waals surface area (Å²) in [7, 11) is 0. The fourth-order valence-corrected chi connectivity index (χ4v) is 3.56. The average Bonchev–Trinajstić information content (AvgIpc) is 3.22. The maximum absolute atomic E-state index is 12.5. The molecule has 8 nitrogen and oxygen atoms in total. The van der Waals surface area contributed by atoms with Crippen LogP contribution in [0.5, 0.6) is 11.5 Å². The third-order valence-electron chi connectivity index (χ3n) is 5.20. The summed E-state index contributed by atoms with van der Waals surface area (Å²) in [5, 5.41) is 2.89. The number of rotatable bonds is 8. The molecule has 0 radical (unpaired) electrons. The van der Waals surface area contributed by atoms with Crippen molar-refractivity contribution in [3.8, 4) is 11.5 Å². The Balaban J connectivity index is 1.15. The van der Waals surface area contributed by atoms with E-state index in [1.54, 1.807) is 24.3 Å². The molecule has 2 heterocycles. The number of carbonyl (C=O) groups excluding carboxylic acids is 3. The van der Waals surface area contributed by atoms with E-state index in [1.165, 1.54) is 4.90 Å². The van der Waals surface area contributed by atoms with Crippen molar-refractivity contribution in [2.24, 2.45) is 10.9 Å². The lowest BCUT2D eigenvalue weighted by Crippen LogP contribution is -2.46. The van der Waals surface area contributed by atoms with Crippen molar-refractivity contribution in [1.82, 2.24) is 10.2 Å². The molecule has 0 saturated carbocycles. The molecule has 1 aromatic rings. The van der Waals surface area contributed by atoms with Gasteiger partial charge < -0.3 is 14.8 Å². The van der Waals surface area contributed by atoms with Crippen LogP contribution in [0.2, 0.25) is 0 Å².